The van der Waals surface area contributed by atoms with E-state index in [2.05, 4.69) is 39.5 Å². The van der Waals surface area contributed by atoms with Gasteiger partial charge in [-0.3, -0.25) is 4.90 Å². The molecule has 0 atom stereocenters. The minimum Gasteiger partial charge on any atom is -0.425 e. The van der Waals surface area contributed by atoms with Gasteiger partial charge >= 0.3 is 6.02 Å². The molecule has 0 aliphatic heterocycles. The molecule has 5 nitrogen and oxygen atoms in total. The number of hydrogen-bond acceptors (Lipinski definition) is 4. The highest BCUT2D eigenvalue weighted by Gasteiger charge is 2.23. The number of halogens is 2. The van der Waals surface area contributed by atoms with Gasteiger partial charge in [0.2, 0.25) is 0 Å². The maximum Gasteiger partial charge on any atom is 0.303 e. The van der Waals surface area contributed by atoms with E-state index in [9.17, 15) is 0 Å². The summed E-state index contributed by atoms with van der Waals surface area (Å²) in [6, 6.07) is 25.9. The molecule has 0 unspecified atom stereocenters. The average Bonchev–Trinajstić information content (AvgIpc) is 2.91. The van der Waals surface area contributed by atoms with Gasteiger partial charge in [-0.1, -0.05) is 65.7 Å². The van der Waals surface area contributed by atoms with Crippen LogP contribution in [0.3, 0.4) is 0 Å². The maximum absolute atomic E-state index is 9.07. The Morgan fingerprint density at radius 3 is 1.92 bits per heavy atom. The van der Waals surface area contributed by atoms with Crippen molar-refractivity contribution >= 4 is 29.2 Å². The molecule has 0 aromatic heterocycles. The van der Waals surface area contributed by atoms with Crippen molar-refractivity contribution in [1.82, 2.24) is 10.2 Å². The van der Waals surface area contributed by atoms with Crippen LogP contribution in [0, 0.1) is 23.3 Å². The Balaban J connectivity index is 1.32. The Kier molecular flexibility index (Phi) is 10.3. The second-order valence-corrected chi connectivity index (χ2v) is 10.5. The molecule has 192 valence electrons. The first-order valence-electron chi connectivity index (χ1n) is 12.7. The third kappa shape index (κ3) is 9.09. The fraction of sp³-hybridized carbons (Fsp3) is 0.333. The van der Waals surface area contributed by atoms with Crippen LogP contribution in [-0.2, 0) is 13.1 Å². The van der Waals surface area contributed by atoms with Gasteiger partial charge in [0.25, 0.3) is 0 Å². The van der Waals surface area contributed by atoms with Crippen LogP contribution in [0.15, 0.2) is 83.9 Å². The van der Waals surface area contributed by atoms with Gasteiger partial charge in [-0.25, -0.2) is 10.3 Å². The number of rotatable bonds is 9. The highest BCUT2D eigenvalue weighted by molar-refractivity contribution is 6.30. The number of nitrogens with one attached hydrogen (secondary N) is 1. The summed E-state index contributed by atoms with van der Waals surface area (Å²) in [6.45, 7) is 3.45. The number of benzene rings is 3. The van der Waals surface area contributed by atoms with Crippen LogP contribution >= 0.6 is 23.2 Å². The van der Waals surface area contributed by atoms with Gasteiger partial charge in [0, 0.05) is 36.2 Å². The summed E-state index contributed by atoms with van der Waals surface area (Å²) in [5.74, 6) is 1.79. The van der Waals surface area contributed by atoms with E-state index in [1.807, 2.05) is 60.8 Å². The molecule has 1 aliphatic rings. The van der Waals surface area contributed by atoms with E-state index in [4.69, 9.17) is 33.2 Å². The number of para-hydroxylation sites is 1. The topological polar surface area (TPSA) is 60.7 Å². The predicted octanol–water partition coefficient (Wildman–Crippen LogP) is 7.31. The molecule has 0 spiro atoms. The van der Waals surface area contributed by atoms with E-state index < -0.39 is 0 Å². The molecular formula is C30H32Cl2N4O. The zero-order valence-corrected chi connectivity index (χ0v) is 22.3. The first-order chi connectivity index (χ1) is 18.1. The van der Waals surface area contributed by atoms with E-state index in [-0.39, 0.29) is 6.02 Å². The highest BCUT2D eigenvalue weighted by Crippen LogP contribution is 2.30. The van der Waals surface area contributed by atoms with Gasteiger partial charge in [0.05, 0.1) is 0 Å². The first kappa shape index (κ1) is 27.0. The summed E-state index contributed by atoms with van der Waals surface area (Å²) in [5, 5.41) is 13.2. The molecule has 7 heteroatoms. The van der Waals surface area contributed by atoms with Gasteiger partial charge < -0.3 is 4.74 Å². The molecule has 37 heavy (non-hydrogen) atoms. The fourth-order valence-electron chi connectivity index (χ4n) is 4.80. The van der Waals surface area contributed by atoms with E-state index >= 15 is 0 Å². The van der Waals surface area contributed by atoms with E-state index in [0.29, 0.717) is 24.1 Å². The number of amidine groups is 1. The van der Waals surface area contributed by atoms with Crippen molar-refractivity contribution in [3.63, 3.8) is 0 Å². The fourth-order valence-corrected chi connectivity index (χ4v) is 5.05. The molecule has 1 aliphatic carbocycles. The molecule has 1 N–H and O–H groups in total. The summed E-state index contributed by atoms with van der Waals surface area (Å²) in [4.78, 5) is 7.10. The third-order valence-corrected chi connectivity index (χ3v) is 7.24. The zero-order valence-electron chi connectivity index (χ0n) is 20.8. The number of nitrogens with zero attached hydrogens (tertiary/aromatic N) is 3. The minimum atomic E-state index is 0.257. The Morgan fingerprint density at radius 2 is 1.38 bits per heavy atom. The molecule has 0 bridgehead atoms. The summed E-state index contributed by atoms with van der Waals surface area (Å²) in [7, 11) is 0. The van der Waals surface area contributed by atoms with Crippen molar-refractivity contribution in [3.05, 3.63) is 100 Å². The van der Waals surface area contributed by atoms with Crippen LogP contribution in [-0.4, -0.2) is 24.0 Å². The van der Waals surface area contributed by atoms with Crippen molar-refractivity contribution in [2.45, 2.75) is 38.8 Å². The molecule has 0 heterocycles. The van der Waals surface area contributed by atoms with Crippen LogP contribution in [0.2, 0.25) is 10.0 Å². The Bertz CT molecular complexity index is 1120. The van der Waals surface area contributed by atoms with Gasteiger partial charge in [-0.2, -0.15) is 5.26 Å². The number of aliphatic imine (C=N–C) groups is 1. The Morgan fingerprint density at radius 1 is 0.838 bits per heavy atom. The zero-order chi connectivity index (χ0) is 25.9. The van der Waals surface area contributed by atoms with E-state index in [1.165, 1.54) is 24.0 Å². The monoisotopic (exact) mass is 534 g/mol. The second kappa shape index (κ2) is 14.0. The lowest BCUT2D eigenvalue weighted by molar-refractivity contribution is 0.170. The van der Waals surface area contributed by atoms with E-state index in [0.717, 1.165) is 42.5 Å². The van der Waals surface area contributed by atoms with Gasteiger partial charge in [-0.15, -0.1) is 0 Å². The molecule has 0 amide bonds. The molecule has 0 saturated heterocycles. The Hall–Kier alpha value is -3.04. The van der Waals surface area contributed by atoms with Crippen molar-refractivity contribution in [2.75, 3.05) is 13.1 Å². The van der Waals surface area contributed by atoms with Gasteiger partial charge in [-0.05, 0) is 85.0 Å². The molecule has 1 fully saturated rings. The van der Waals surface area contributed by atoms with Crippen LogP contribution in [0.4, 0.5) is 0 Å². The SMILES string of the molecule is N#CNC(=NCC1CCC(CN(Cc2ccc(Cl)cc2)Cc2ccc(Cl)cc2)CC1)Oc1ccccc1. The van der Waals surface area contributed by atoms with Gasteiger partial charge in [0.15, 0.2) is 6.19 Å². The van der Waals surface area contributed by atoms with Crippen LogP contribution in [0.25, 0.3) is 0 Å². The van der Waals surface area contributed by atoms with Crippen LogP contribution in [0.5, 0.6) is 5.75 Å². The standard InChI is InChI=1S/C30H32Cl2N4O/c31-27-14-10-25(11-15-27)20-36(21-26-12-16-28(32)17-13-26)19-24-8-6-23(7-9-24)18-34-30(35-22-33)37-29-4-2-1-3-5-29/h1-5,10-17,23-24H,6-9,18-21H2,(H,34,35). The summed E-state index contributed by atoms with van der Waals surface area (Å²) in [5.41, 5.74) is 2.52. The average molecular weight is 536 g/mol. The molecule has 1 saturated carbocycles. The van der Waals surface area contributed by atoms with Crippen molar-refractivity contribution in [1.29, 1.82) is 5.26 Å². The lowest BCUT2D eigenvalue weighted by Crippen LogP contribution is -2.31. The summed E-state index contributed by atoms with van der Waals surface area (Å²) < 4.78 is 5.74. The van der Waals surface area contributed by atoms with Crippen molar-refractivity contribution < 1.29 is 4.74 Å². The smallest absolute Gasteiger partial charge is 0.303 e. The van der Waals surface area contributed by atoms with Crippen LogP contribution in [0.1, 0.15) is 36.8 Å². The van der Waals surface area contributed by atoms with Crippen LogP contribution < -0.4 is 10.1 Å². The number of hydrogen-bond donors (Lipinski definition) is 1. The largest absolute Gasteiger partial charge is 0.425 e. The third-order valence-electron chi connectivity index (χ3n) is 6.74. The lowest BCUT2D eigenvalue weighted by atomic mass is 9.81. The maximum atomic E-state index is 9.07. The van der Waals surface area contributed by atoms with Gasteiger partial charge in [0.1, 0.15) is 5.75 Å². The van der Waals surface area contributed by atoms with Crippen molar-refractivity contribution in [2.24, 2.45) is 16.8 Å². The quantitative estimate of drug-likeness (QED) is 0.135. The number of nitriles is 1. The van der Waals surface area contributed by atoms with E-state index in [1.54, 1.807) is 0 Å². The molecule has 3 aromatic carbocycles. The predicted molar refractivity (Wildman–Crippen MR) is 151 cm³/mol. The minimum absolute atomic E-state index is 0.257. The normalized spacial score (nSPS) is 17.8. The number of ether oxygens (including phenoxy) is 1. The summed E-state index contributed by atoms with van der Waals surface area (Å²) >= 11 is 12.2. The molecule has 3 aromatic rings. The lowest BCUT2D eigenvalue weighted by Gasteiger charge is -2.32. The second-order valence-electron chi connectivity index (χ2n) is 9.61. The molecule has 4 rings (SSSR count). The van der Waals surface area contributed by atoms with Crippen molar-refractivity contribution in [3.8, 4) is 11.9 Å². The first-order valence-corrected chi connectivity index (χ1v) is 13.5. The Labute approximate surface area is 229 Å². The highest BCUT2D eigenvalue weighted by atomic mass is 35.5. The molecule has 0 radical (unpaired) electrons. The molecular weight excluding hydrogens is 503 g/mol. The summed E-state index contributed by atoms with van der Waals surface area (Å²) in [6.07, 6.45) is 6.49.